The molecular weight excluding hydrogens is 352 g/mol. The number of likely N-dealkylation sites (tertiary alicyclic amines) is 1. The van der Waals surface area contributed by atoms with Crippen molar-refractivity contribution in [3.05, 3.63) is 34.6 Å². The fraction of sp³-hybridized carbons (Fsp3) is 0.467. The molecule has 1 N–H and O–H groups in total. The second kappa shape index (κ2) is 7.38. The topological polar surface area (TPSA) is 49.4 Å². The Morgan fingerprint density at radius 3 is 2.42 bits per heavy atom. The summed E-state index contributed by atoms with van der Waals surface area (Å²) in [6.07, 6.45) is -4.04. The molecule has 0 unspecified atom stereocenters. The van der Waals surface area contributed by atoms with E-state index >= 15 is 0 Å². The van der Waals surface area contributed by atoms with Gasteiger partial charge in [-0.2, -0.15) is 13.2 Å². The first-order valence-electron chi connectivity index (χ1n) is 7.27. The molecule has 2 rings (SSSR count). The highest BCUT2D eigenvalue weighted by molar-refractivity contribution is 6.33. The maximum atomic E-state index is 13.8. The number of alkyl halides is 3. The maximum Gasteiger partial charge on any atom is 0.405 e. The Kier molecular flexibility index (Phi) is 5.69. The molecule has 0 radical (unpaired) electrons. The molecule has 1 aromatic rings. The van der Waals surface area contributed by atoms with Crippen LogP contribution in [-0.4, -0.2) is 42.5 Å². The van der Waals surface area contributed by atoms with Crippen molar-refractivity contribution in [1.82, 2.24) is 10.2 Å². The summed E-state index contributed by atoms with van der Waals surface area (Å²) in [6, 6.07) is 3.90. The number of piperidine rings is 1. The zero-order valence-electron chi connectivity index (χ0n) is 12.5. The minimum Gasteiger partial charge on any atom is -0.347 e. The van der Waals surface area contributed by atoms with Gasteiger partial charge in [0.25, 0.3) is 5.91 Å². The number of benzene rings is 1. The quantitative estimate of drug-likeness (QED) is 0.836. The number of nitrogens with one attached hydrogen (secondary N) is 1. The smallest absolute Gasteiger partial charge is 0.347 e. The minimum atomic E-state index is -4.46. The van der Waals surface area contributed by atoms with Crippen molar-refractivity contribution in [3.63, 3.8) is 0 Å². The Hall–Kier alpha value is -1.83. The van der Waals surface area contributed by atoms with Gasteiger partial charge in [-0.05, 0) is 25.0 Å². The Morgan fingerprint density at radius 1 is 1.25 bits per heavy atom. The van der Waals surface area contributed by atoms with Crippen LogP contribution in [0.25, 0.3) is 0 Å². The Balaban J connectivity index is 1.93. The third-order valence-corrected chi connectivity index (χ3v) is 4.11. The maximum absolute atomic E-state index is 13.8. The molecule has 1 aliphatic heterocycles. The molecule has 0 spiro atoms. The van der Waals surface area contributed by atoms with Crippen molar-refractivity contribution in [2.75, 3.05) is 19.6 Å². The number of amides is 2. The summed E-state index contributed by atoms with van der Waals surface area (Å²) >= 11 is 5.85. The minimum absolute atomic E-state index is 0.00922. The fourth-order valence-electron chi connectivity index (χ4n) is 2.54. The summed E-state index contributed by atoms with van der Waals surface area (Å²) < 4.78 is 50.1. The zero-order valence-corrected chi connectivity index (χ0v) is 13.3. The van der Waals surface area contributed by atoms with Gasteiger partial charge in [0.1, 0.15) is 12.4 Å². The Bertz CT molecular complexity index is 608. The normalized spacial score (nSPS) is 16.1. The van der Waals surface area contributed by atoms with E-state index in [2.05, 4.69) is 0 Å². The van der Waals surface area contributed by atoms with Crippen molar-refractivity contribution in [3.8, 4) is 0 Å². The van der Waals surface area contributed by atoms with Crippen LogP contribution in [0, 0.1) is 11.7 Å². The number of nitrogens with zero attached hydrogens (tertiary/aromatic N) is 1. The molecule has 1 aromatic carbocycles. The molecule has 0 aromatic heterocycles. The van der Waals surface area contributed by atoms with Crippen LogP contribution in [0.15, 0.2) is 18.2 Å². The number of carbonyl (C=O) groups excluding carboxylic acids is 2. The van der Waals surface area contributed by atoms with Gasteiger partial charge in [-0.3, -0.25) is 9.59 Å². The molecule has 24 heavy (non-hydrogen) atoms. The lowest BCUT2D eigenvalue weighted by Crippen LogP contribution is -2.44. The van der Waals surface area contributed by atoms with E-state index in [4.69, 9.17) is 11.6 Å². The zero-order chi connectivity index (χ0) is 17.9. The van der Waals surface area contributed by atoms with Crippen LogP contribution in [0.1, 0.15) is 23.2 Å². The summed E-state index contributed by atoms with van der Waals surface area (Å²) in [5, 5.41) is 1.83. The SMILES string of the molecule is O=C(NCC(F)(F)F)C1CCN(C(=O)c2c(F)cccc2Cl)CC1. The number of rotatable bonds is 3. The van der Waals surface area contributed by atoms with Gasteiger partial charge in [-0.25, -0.2) is 4.39 Å². The van der Waals surface area contributed by atoms with Crippen LogP contribution in [0.3, 0.4) is 0 Å². The van der Waals surface area contributed by atoms with Crippen molar-refractivity contribution in [2.24, 2.45) is 5.92 Å². The van der Waals surface area contributed by atoms with Gasteiger partial charge in [0.05, 0.1) is 10.6 Å². The molecule has 9 heteroatoms. The van der Waals surface area contributed by atoms with E-state index in [1.807, 2.05) is 5.32 Å². The van der Waals surface area contributed by atoms with E-state index in [0.29, 0.717) is 0 Å². The molecule has 1 heterocycles. The van der Waals surface area contributed by atoms with Crippen LogP contribution in [0.4, 0.5) is 17.6 Å². The largest absolute Gasteiger partial charge is 0.405 e. The van der Waals surface area contributed by atoms with Crippen LogP contribution < -0.4 is 5.32 Å². The first-order valence-corrected chi connectivity index (χ1v) is 7.64. The summed E-state index contributed by atoms with van der Waals surface area (Å²) in [7, 11) is 0. The molecule has 0 atom stereocenters. The van der Waals surface area contributed by atoms with Gasteiger partial charge in [-0.1, -0.05) is 17.7 Å². The lowest BCUT2D eigenvalue weighted by atomic mass is 9.95. The second-order valence-electron chi connectivity index (χ2n) is 5.50. The third kappa shape index (κ3) is 4.59. The predicted molar refractivity (Wildman–Crippen MR) is 79.1 cm³/mol. The highest BCUT2D eigenvalue weighted by Crippen LogP contribution is 2.24. The first kappa shape index (κ1) is 18.5. The Morgan fingerprint density at radius 2 is 1.88 bits per heavy atom. The van der Waals surface area contributed by atoms with Crippen molar-refractivity contribution >= 4 is 23.4 Å². The van der Waals surface area contributed by atoms with Gasteiger partial charge >= 0.3 is 6.18 Å². The predicted octanol–water partition coefficient (Wildman–Crippen LogP) is 3.01. The van der Waals surface area contributed by atoms with Crippen LogP contribution >= 0.6 is 11.6 Å². The van der Waals surface area contributed by atoms with E-state index in [1.165, 1.54) is 17.0 Å². The van der Waals surface area contributed by atoms with E-state index < -0.39 is 36.3 Å². The molecule has 0 bridgehead atoms. The second-order valence-corrected chi connectivity index (χ2v) is 5.90. The first-order chi connectivity index (χ1) is 11.2. The number of halogens is 5. The van der Waals surface area contributed by atoms with Gasteiger partial charge in [0.15, 0.2) is 0 Å². The van der Waals surface area contributed by atoms with Gasteiger partial charge < -0.3 is 10.2 Å². The monoisotopic (exact) mass is 366 g/mol. The molecule has 0 saturated carbocycles. The lowest BCUT2D eigenvalue weighted by Gasteiger charge is -2.31. The van der Waals surface area contributed by atoms with Crippen LogP contribution in [0.2, 0.25) is 5.02 Å². The Labute approximate surface area is 140 Å². The van der Waals surface area contributed by atoms with E-state index in [-0.39, 0.29) is 36.5 Å². The van der Waals surface area contributed by atoms with E-state index in [1.54, 1.807) is 0 Å². The summed E-state index contributed by atoms with van der Waals surface area (Å²) in [5.74, 6) is -2.62. The molecule has 4 nitrogen and oxygen atoms in total. The summed E-state index contributed by atoms with van der Waals surface area (Å²) in [6.45, 7) is -1.09. The molecule has 2 amide bonds. The fourth-order valence-corrected chi connectivity index (χ4v) is 2.78. The number of carbonyl (C=O) groups is 2. The molecular formula is C15H15ClF4N2O2. The highest BCUT2D eigenvalue weighted by atomic mass is 35.5. The van der Waals surface area contributed by atoms with Crippen molar-refractivity contribution in [2.45, 2.75) is 19.0 Å². The third-order valence-electron chi connectivity index (χ3n) is 3.79. The molecule has 1 saturated heterocycles. The molecule has 1 fully saturated rings. The summed E-state index contributed by atoms with van der Waals surface area (Å²) in [5.41, 5.74) is -0.237. The number of hydrogen-bond donors (Lipinski definition) is 1. The van der Waals surface area contributed by atoms with Crippen LogP contribution in [-0.2, 0) is 4.79 Å². The average molecular weight is 367 g/mol. The lowest BCUT2D eigenvalue weighted by molar-refractivity contribution is -0.141. The van der Waals surface area contributed by atoms with Crippen molar-refractivity contribution in [1.29, 1.82) is 0 Å². The summed E-state index contributed by atoms with van der Waals surface area (Å²) in [4.78, 5) is 25.4. The molecule has 132 valence electrons. The van der Waals surface area contributed by atoms with E-state index in [0.717, 1.165) is 6.07 Å². The van der Waals surface area contributed by atoms with E-state index in [9.17, 15) is 27.2 Å². The highest BCUT2D eigenvalue weighted by Gasteiger charge is 2.32. The van der Waals surface area contributed by atoms with Gasteiger partial charge in [0.2, 0.25) is 5.91 Å². The van der Waals surface area contributed by atoms with Crippen LogP contribution in [0.5, 0.6) is 0 Å². The molecule has 0 aliphatic carbocycles. The van der Waals surface area contributed by atoms with Crippen molar-refractivity contribution < 1.29 is 27.2 Å². The average Bonchev–Trinajstić information content (AvgIpc) is 2.51. The standard InChI is InChI=1S/C15H15ClF4N2O2/c16-10-2-1-3-11(17)12(10)14(24)22-6-4-9(5-7-22)13(23)21-8-15(18,19)20/h1-3,9H,4-8H2,(H,21,23). The number of hydrogen-bond acceptors (Lipinski definition) is 2. The van der Waals surface area contributed by atoms with Gasteiger partial charge in [0, 0.05) is 19.0 Å². The van der Waals surface area contributed by atoms with Gasteiger partial charge in [-0.15, -0.1) is 0 Å². The molecule has 1 aliphatic rings.